The second-order valence-corrected chi connectivity index (χ2v) is 6.24. The van der Waals surface area contributed by atoms with Crippen LogP contribution in [0.1, 0.15) is 12.8 Å². The van der Waals surface area contributed by atoms with E-state index >= 15 is 0 Å². The van der Waals surface area contributed by atoms with Crippen molar-refractivity contribution in [3.05, 3.63) is 24.3 Å². The van der Waals surface area contributed by atoms with Crippen molar-refractivity contribution in [1.82, 2.24) is 9.80 Å². The molecule has 1 aromatic carbocycles. The standard InChI is InChI=1S/C18H23N3O5/c1-25-18(24)20-9-4-8-19(11-12-20)16(22)7-10-21-14-5-2-3-6-15(14)26-13-17(21)23/h2-3,5-6H,4,7-13H2,1H3. The highest BCUT2D eigenvalue weighted by molar-refractivity contribution is 5.98. The van der Waals surface area contributed by atoms with Gasteiger partial charge in [-0.25, -0.2) is 4.79 Å². The molecule has 0 unspecified atom stereocenters. The molecular weight excluding hydrogens is 338 g/mol. The highest BCUT2D eigenvalue weighted by atomic mass is 16.5. The third-order valence-electron chi connectivity index (χ3n) is 4.64. The molecule has 3 amide bonds. The first-order chi connectivity index (χ1) is 12.6. The van der Waals surface area contributed by atoms with Crippen molar-refractivity contribution in [2.24, 2.45) is 0 Å². The lowest BCUT2D eigenvalue weighted by Crippen LogP contribution is -2.42. The summed E-state index contributed by atoms with van der Waals surface area (Å²) in [5.74, 6) is 0.487. The van der Waals surface area contributed by atoms with Gasteiger partial charge < -0.3 is 24.2 Å². The average molecular weight is 361 g/mol. The maximum Gasteiger partial charge on any atom is 0.409 e. The summed E-state index contributed by atoms with van der Waals surface area (Å²) >= 11 is 0. The fraction of sp³-hybridized carbons (Fsp3) is 0.500. The molecule has 1 aromatic rings. The SMILES string of the molecule is COC(=O)N1CCCN(C(=O)CCN2C(=O)COc3ccccc32)CC1. The Morgan fingerprint density at radius 2 is 1.85 bits per heavy atom. The molecule has 0 radical (unpaired) electrons. The zero-order valence-electron chi connectivity index (χ0n) is 14.8. The Labute approximate surface area is 152 Å². The van der Waals surface area contributed by atoms with Crippen LogP contribution < -0.4 is 9.64 Å². The number of fused-ring (bicyclic) bond motifs is 1. The topological polar surface area (TPSA) is 79.4 Å². The first-order valence-corrected chi connectivity index (χ1v) is 8.73. The van der Waals surface area contributed by atoms with E-state index in [-0.39, 0.29) is 30.9 Å². The summed E-state index contributed by atoms with van der Waals surface area (Å²) in [7, 11) is 1.35. The summed E-state index contributed by atoms with van der Waals surface area (Å²) in [4.78, 5) is 41.3. The predicted octanol–water partition coefficient (Wildman–Crippen LogP) is 1.10. The van der Waals surface area contributed by atoms with E-state index in [9.17, 15) is 14.4 Å². The lowest BCUT2D eigenvalue weighted by Gasteiger charge is -2.30. The van der Waals surface area contributed by atoms with Gasteiger partial charge in [-0.15, -0.1) is 0 Å². The van der Waals surface area contributed by atoms with Crippen molar-refractivity contribution in [1.29, 1.82) is 0 Å². The summed E-state index contributed by atoms with van der Waals surface area (Å²) in [5, 5.41) is 0. The van der Waals surface area contributed by atoms with Crippen molar-refractivity contribution in [3.63, 3.8) is 0 Å². The number of rotatable bonds is 3. The number of hydrogen-bond acceptors (Lipinski definition) is 5. The number of methoxy groups -OCH3 is 1. The van der Waals surface area contributed by atoms with E-state index in [2.05, 4.69) is 0 Å². The number of anilines is 1. The van der Waals surface area contributed by atoms with Gasteiger partial charge >= 0.3 is 6.09 Å². The summed E-state index contributed by atoms with van der Waals surface area (Å²) < 4.78 is 10.2. The molecule has 1 fully saturated rings. The van der Waals surface area contributed by atoms with Crippen LogP contribution in [0.4, 0.5) is 10.5 Å². The van der Waals surface area contributed by atoms with Gasteiger partial charge in [-0.3, -0.25) is 9.59 Å². The van der Waals surface area contributed by atoms with E-state index in [1.807, 2.05) is 24.3 Å². The molecule has 0 spiro atoms. The summed E-state index contributed by atoms with van der Waals surface area (Å²) in [6.45, 7) is 2.41. The van der Waals surface area contributed by atoms with Gasteiger partial charge in [0.1, 0.15) is 5.75 Å². The quantitative estimate of drug-likeness (QED) is 0.806. The van der Waals surface area contributed by atoms with Crippen molar-refractivity contribution >= 4 is 23.6 Å². The van der Waals surface area contributed by atoms with E-state index in [1.165, 1.54) is 7.11 Å². The molecule has 26 heavy (non-hydrogen) atoms. The molecule has 0 atom stereocenters. The summed E-state index contributed by atoms with van der Waals surface area (Å²) in [6, 6.07) is 7.32. The fourth-order valence-corrected chi connectivity index (χ4v) is 3.24. The second-order valence-electron chi connectivity index (χ2n) is 6.24. The molecule has 0 aliphatic carbocycles. The van der Waals surface area contributed by atoms with Crippen LogP contribution in [0, 0.1) is 0 Å². The van der Waals surface area contributed by atoms with Crippen LogP contribution in [-0.2, 0) is 14.3 Å². The highest BCUT2D eigenvalue weighted by Gasteiger charge is 2.27. The molecule has 2 heterocycles. The Balaban J connectivity index is 1.57. The molecule has 0 aromatic heterocycles. The Morgan fingerprint density at radius 1 is 1.12 bits per heavy atom. The molecule has 3 rings (SSSR count). The van der Waals surface area contributed by atoms with E-state index < -0.39 is 0 Å². The monoisotopic (exact) mass is 361 g/mol. The minimum absolute atomic E-state index is 0.0109. The number of carbonyl (C=O) groups excluding carboxylic acids is 3. The van der Waals surface area contributed by atoms with E-state index in [1.54, 1.807) is 14.7 Å². The molecule has 1 saturated heterocycles. The maximum atomic E-state index is 12.6. The first-order valence-electron chi connectivity index (χ1n) is 8.73. The summed E-state index contributed by atoms with van der Waals surface area (Å²) in [5.41, 5.74) is 0.698. The van der Waals surface area contributed by atoms with Gasteiger partial charge in [-0.2, -0.15) is 0 Å². The third-order valence-corrected chi connectivity index (χ3v) is 4.64. The average Bonchev–Trinajstić information content (AvgIpc) is 2.92. The van der Waals surface area contributed by atoms with E-state index in [0.717, 1.165) is 0 Å². The minimum atomic E-state index is -0.366. The Hall–Kier alpha value is -2.77. The van der Waals surface area contributed by atoms with Gasteiger partial charge in [-0.05, 0) is 18.6 Å². The number of benzene rings is 1. The highest BCUT2D eigenvalue weighted by Crippen LogP contribution is 2.31. The van der Waals surface area contributed by atoms with Crippen LogP contribution in [0.5, 0.6) is 5.75 Å². The molecule has 140 valence electrons. The Morgan fingerprint density at radius 3 is 2.65 bits per heavy atom. The number of carbonyl (C=O) groups is 3. The van der Waals surface area contributed by atoms with Crippen molar-refractivity contribution in [2.75, 3.05) is 51.3 Å². The van der Waals surface area contributed by atoms with Gasteiger partial charge in [-0.1, -0.05) is 12.1 Å². The molecule has 2 aliphatic heterocycles. The minimum Gasteiger partial charge on any atom is -0.482 e. The van der Waals surface area contributed by atoms with E-state index in [0.29, 0.717) is 50.6 Å². The number of amides is 3. The molecule has 0 N–H and O–H groups in total. The molecule has 8 nitrogen and oxygen atoms in total. The lowest BCUT2D eigenvalue weighted by atomic mass is 10.2. The second kappa shape index (κ2) is 8.07. The smallest absolute Gasteiger partial charge is 0.409 e. The Bertz CT molecular complexity index is 693. The normalized spacial score (nSPS) is 17.3. The van der Waals surface area contributed by atoms with Crippen LogP contribution in [-0.4, -0.2) is 74.1 Å². The van der Waals surface area contributed by atoms with Crippen LogP contribution in [0.2, 0.25) is 0 Å². The zero-order chi connectivity index (χ0) is 18.5. The Kier molecular flexibility index (Phi) is 5.60. The fourth-order valence-electron chi connectivity index (χ4n) is 3.24. The van der Waals surface area contributed by atoms with Crippen LogP contribution in [0.25, 0.3) is 0 Å². The summed E-state index contributed by atoms with van der Waals surface area (Å²) in [6.07, 6.45) is 0.577. The van der Waals surface area contributed by atoms with Gasteiger partial charge in [0.25, 0.3) is 5.91 Å². The molecule has 0 bridgehead atoms. The van der Waals surface area contributed by atoms with Crippen LogP contribution in [0.15, 0.2) is 24.3 Å². The number of nitrogens with zero attached hydrogens (tertiary/aromatic N) is 3. The molecule has 8 heteroatoms. The van der Waals surface area contributed by atoms with Crippen molar-refractivity contribution in [3.8, 4) is 5.75 Å². The van der Waals surface area contributed by atoms with Crippen molar-refractivity contribution < 1.29 is 23.9 Å². The zero-order valence-corrected chi connectivity index (χ0v) is 14.8. The number of ether oxygens (including phenoxy) is 2. The number of para-hydroxylation sites is 2. The van der Waals surface area contributed by atoms with Gasteiger partial charge in [0, 0.05) is 39.1 Å². The molecule has 0 saturated carbocycles. The van der Waals surface area contributed by atoms with Gasteiger partial charge in [0.2, 0.25) is 5.91 Å². The van der Waals surface area contributed by atoms with Gasteiger partial charge in [0.15, 0.2) is 6.61 Å². The maximum absolute atomic E-state index is 12.6. The van der Waals surface area contributed by atoms with E-state index in [4.69, 9.17) is 9.47 Å². The van der Waals surface area contributed by atoms with Crippen molar-refractivity contribution in [2.45, 2.75) is 12.8 Å². The van der Waals surface area contributed by atoms with Crippen LogP contribution >= 0.6 is 0 Å². The van der Waals surface area contributed by atoms with Gasteiger partial charge in [0.05, 0.1) is 12.8 Å². The van der Waals surface area contributed by atoms with Crippen LogP contribution in [0.3, 0.4) is 0 Å². The lowest BCUT2D eigenvalue weighted by molar-refractivity contribution is -0.131. The predicted molar refractivity (Wildman–Crippen MR) is 94.1 cm³/mol. The first kappa shape index (κ1) is 18.0. The third kappa shape index (κ3) is 3.89. The molecular formula is C18H23N3O5. The molecule has 2 aliphatic rings. The largest absolute Gasteiger partial charge is 0.482 e. The number of hydrogen-bond donors (Lipinski definition) is 0.